The third-order valence-corrected chi connectivity index (χ3v) is 13.4. The summed E-state index contributed by atoms with van der Waals surface area (Å²) in [5, 5.41) is 10.2. The molecule has 4 aromatic heterocycles. The van der Waals surface area contributed by atoms with E-state index in [2.05, 4.69) is 214 Å². The summed E-state index contributed by atoms with van der Waals surface area (Å²) in [6.45, 7) is 0. The van der Waals surface area contributed by atoms with E-state index >= 15 is 0 Å². The highest BCUT2D eigenvalue weighted by Crippen LogP contribution is 2.44. The second-order valence-corrected chi connectivity index (χ2v) is 16.4. The lowest BCUT2D eigenvalue weighted by molar-refractivity contribution is 1.17. The molecule has 13 rings (SSSR count). The monoisotopic (exact) mass is 755 g/mol. The molecule has 13 aromatic rings. The van der Waals surface area contributed by atoms with E-state index in [0.717, 1.165) is 5.69 Å². The van der Waals surface area contributed by atoms with E-state index in [1.165, 1.54) is 108 Å². The quantitative estimate of drug-likeness (QED) is 0.170. The molecular formula is C54H33N3S. The van der Waals surface area contributed by atoms with Gasteiger partial charge in [-0.15, -0.1) is 11.3 Å². The van der Waals surface area contributed by atoms with Gasteiger partial charge in [0.05, 0.1) is 38.8 Å². The molecule has 4 heterocycles. The van der Waals surface area contributed by atoms with Gasteiger partial charge < -0.3 is 13.7 Å². The number of para-hydroxylation sites is 5. The van der Waals surface area contributed by atoms with Crippen LogP contribution < -0.4 is 0 Å². The van der Waals surface area contributed by atoms with E-state index in [4.69, 9.17) is 0 Å². The van der Waals surface area contributed by atoms with Gasteiger partial charge in [-0.05, 0) is 84.4 Å². The van der Waals surface area contributed by atoms with Gasteiger partial charge in [-0.2, -0.15) is 0 Å². The van der Waals surface area contributed by atoms with Crippen molar-refractivity contribution in [3.8, 4) is 28.2 Å². The smallest absolute Gasteiger partial charge is 0.0549 e. The van der Waals surface area contributed by atoms with Gasteiger partial charge in [0.25, 0.3) is 0 Å². The molecule has 0 aliphatic heterocycles. The highest BCUT2D eigenvalue weighted by Gasteiger charge is 2.22. The van der Waals surface area contributed by atoms with Crippen LogP contribution in [0.25, 0.3) is 114 Å². The van der Waals surface area contributed by atoms with Crippen LogP contribution in [0.3, 0.4) is 0 Å². The molecule has 0 fully saturated rings. The van der Waals surface area contributed by atoms with Crippen LogP contribution in [0, 0.1) is 0 Å². The maximum Gasteiger partial charge on any atom is 0.0549 e. The topological polar surface area (TPSA) is 14.8 Å². The van der Waals surface area contributed by atoms with Crippen molar-refractivity contribution >= 4 is 96.9 Å². The second-order valence-electron chi connectivity index (χ2n) is 15.3. The van der Waals surface area contributed by atoms with E-state index in [9.17, 15) is 0 Å². The summed E-state index contributed by atoms with van der Waals surface area (Å²) in [6, 6.07) is 73.6. The van der Waals surface area contributed by atoms with Crippen molar-refractivity contribution < 1.29 is 0 Å². The van der Waals surface area contributed by atoms with Gasteiger partial charge in [0, 0.05) is 69.4 Å². The minimum atomic E-state index is 1.16. The van der Waals surface area contributed by atoms with Crippen molar-refractivity contribution in [2.75, 3.05) is 0 Å². The third-order valence-electron chi connectivity index (χ3n) is 12.2. The maximum atomic E-state index is 2.49. The molecule has 0 amide bonds. The zero-order valence-corrected chi connectivity index (χ0v) is 32.1. The Balaban J connectivity index is 1.04. The Hall–Kier alpha value is -7.40. The van der Waals surface area contributed by atoms with Crippen molar-refractivity contribution in [2.45, 2.75) is 0 Å². The largest absolute Gasteiger partial charge is 0.309 e. The lowest BCUT2D eigenvalue weighted by atomic mass is 10.0. The van der Waals surface area contributed by atoms with Crippen LogP contribution in [0.2, 0.25) is 0 Å². The van der Waals surface area contributed by atoms with E-state index < -0.39 is 0 Å². The Morgan fingerprint density at radius 3 is 1.60 bits per heavy atom. The fourth-order valence-electron chi connectivity index (χ4n) is 9.82. The number of hydrogen-bond acceptors (Lipinski definition) is 1. The summed E-state index contributed by atoms with van der Waals surface area (Å²) in [6.07, 6.45) is 0. The van der Waals surface area contributed by atoms with Crippen LogP contribution in [-0.2, 0) is 0 Å². The molecule has 0 bridgehead atoms. The van der Waals surface area contributed by atoms with Crippen LogP contribution in [0.4, 0.5) is 0 Å². The SMILES string of the molecule is c1ccc(-n2c3ccccc3c3c4c5ccccc5n(-c5ccccc5-c5ccc6c(c5)c5ccccc5n6-c5ccc6c(c5)sc5ccccc56)c4ccc32)cc1. The third kappa shape index (κ3) is 4.38. The fourth-order valence-corrected chi connectivity index (χ4v) is 11.0. The maximum absolute atomic E-state index is 2.49. The van der Waals surface area contributed by atoms with Crippen molar-refractivity contribution in [2.24, 2.45) is 0 Å². The number of benzene rings is 9. The Morgan fingerprint density at radius 2 is 0.828 bits per heavy atom. The fraction of sp³-hybridized carbons (Fsp3) is 0. The molecular weight excluding hydrogens is 723 g/mol. The van der Waals surface area contributed by atoms with E-state index in [1.807, 2.05) is 11.3 Å². The number of nitrogens with zero attached hydrogens (tertiary/aromatic N) is 3. The molecule has 0 saturated carbocycles. The van der Waals surface area contributed by atoms with Crippen LogP contribution in [0.15, 0.2) is 200 Å². The van der Waals surface area contributed by atoms with Gasteiger partial charge in [0.15, 0.2) is 0 Å². The molecule has 0 saturated heterocycles. The lowest BCUT2D eigenvalue weighted by Crippen LogP contribution is -1.97. The first-order chi connectivity index (χ1) is 28.8. The number of thiophene rings is 1. The molecule has 9 aromatic carbocycles. The molecule has 0 aliphatic rings. The molecule has 0 spiro atoms. The zero-order valence-electron chi connectivity index (χ0n) is 31.3. The van der Waals surface area contributed by atoms with Crippen LogP contribution in [0.1, 0.15) is 0 Å². The summed E-state index contributed by atoms with van der Waals surface area (Å²) >= 11 is 1.87. The Labute approximate surface area is 337 Å². The highest BCUT2D eigenvalue weighted by molar-refractivity contribution is 7.25. The van der Waals surface area contributed by atoms with Crippen LogP contribution in [0.5, 0.6) is 0 Å². The Bertz CT molecular complexity index is 3800. The first-order valence-corrected chi connectivity index (χ1v) is 20.7. The lowest BCUT2D eigenvalue weighted by Gasteiger charge is -2.15. The zero-order chi connectivity index (χ0) is 37.9. The van der Waals surface area contributed by atoms with Gasteiger partial charge in [-0.25, -0.2) is 0 Å². The average molecular weight is 756 g/mol. The molecule has 0 atom stereocenters. The van der Waals surface area contributed by atoms with Crippen molar-refractivity contribution in [1.82, 2.24) is 13.7 Å². The highest BCUT2D eigenvalue weighted by atomic mass is 32.1. The van der Waals surface area contributed by atoms with E-state index in [0.29, 0.717) is 0 Å². The normalized spacial score (nSPS) is 12.1. The predicted molar refractivity (Wildman–Crippen MR) is 248 cm³/mol. The van der Waals surface area contributed by atoms with Gasteiger partial charge in [-0.1, -0.05) is 121 Å². The minimum absolute atomic E-state index is 1.16. The van der Waals surface area contributed by atoms with Gasteiger partial charge in [0.2, 0.25) is 0 Å². The van der Waals surface area contributed by atoms with Gasteiger partial charge in [0.1, 0.15) is 0 Å². The number of hydrogen-bond donors (Lipinski definition) is 0. The second kappa shape index (κ2) is 12.1. The molecule has 0 radical (unpaired) electrons. The average Bonchev–Trinajstić information content (AvgIpc) is 4.02. The predicted octanol–water partition coefficient (Wildman–Crippen LogP) is 15.0. The van der Waals surface area contributed by atoms with Gasteiger partial charge >= 0.3 is 0 Å². The summed E-state index contributed by atoms with van der Waals surface area (Å²) < 4.78 is 9.97. The van der Waals surface area contributed by atoms with Crippen LogP contribution in [-0.4, -0.2) is 13.7 Å². The summed E-state index contributed by atoms with van der Waals surface area (Å²) in [4.78, 5) is 0. The standard InChI is InChI=1S/C54H33N3S/c1-2-14-35(15-3-1)55-46-23-11-6-19-41(46)53-49(55)30-31-50-54(53)42-20-7-12-24-47(42)57(50)44-21-9-4-16-37(44)34-26-29-48-43(32-34)38-17-5-10-22-45(38)56(48)36-27-28-40-39-18-8-13-25-51(39)58-52(40)33-36/h1-33H. The summed E-state index contributed by atoms with van der Waals surface area (Å²) in [5.41, 5.74) is 13.1. The van der Waals surface area contributed by atoms with Gasteiger partial charge in [-0.3, -0.25) is 0 Å². The Morgan fingerprint density at radius 1 is 0.293 bits per heavy atom. The number of aromatic nitrogens is 3. The molecule has 0 N–H and O–H groups in total. The molecule has 58 heavy (non-hydrogen) atoms. The van der Waals surface area contributed by atoms with Crippen molar-refractivity contribution in [3.63, 3.8) is 0 Å². The van der Waals surface area contributed by atoms with Crippen molar-refractivity contribution in [3.05, 3.63) is 200 Å². The number of fused-ring (bicyclic) bond motifs is 13. The number of rotatable bonds is 4. The Kier molecular flexibility index (Phi) is 6.60. The molecule has 0 unspecified atom stereocenters. The molecule has 3 nitrogen and oxygen atoms in total. The summed E-state index contributed by atoms with van der Waals surface area (Å²) in [7, 11) is 0. The minimum Gasteiger partial charge on any atom is -0.309 e. The van der Waals surface area contributed by atoms with E-state index in [1.54, 1.807) is 0 Å². The van der Waals surface area contributed by atoms with Crippen LogP contribution >= 0.6 is 11.3 Å². The van der Waals surface area contributed by atoms with E-state index in [-0.39, 0.29) is 0 Å². The molecule has 0 aliphatic carbocycles. The van der Waals surface area contributed by atoms with Crippen molar-refractivity contribution in [1.29, 1.82) is 0 Å². The molecule has 4 heteroatoms. The molecule has 270 valence electrons. The first-order valence-electron chi connectivity index (χ1n) is 19.9. The summed E-state index contributed by atoms with van der Waals surface area (Å²) in [5.74, 6) is 0. The first kappa shape index (κ1) is 31.8.